The Balaban J connectivity index is 2.59. The first-order valence-electron chi connectivity index (χ1n) is 9.66. The largest absolute Gasteiger partial charge is 0.500 e. The maximum atomic E-state index is 12.8. The number of hydrogen-bond acceptors (Lipinski definition) is 6. The van der Waals surface area contributed by atoms with E-state index in [2.05, 4.69) is 19.6 Å². The summed E-state index contributed by atoms with van der Waals surface area (Å²) in [6.07, 6.45) is 2.47. The number of thioether (sulfide) groups is 1. The molecule has 0 fully saturated rings. The Labute approximate surface area is 170 Å². The predicted octanol–water partition coefficient (Wildman–Crippen LogP) is 5.21. The molecule has 0 atom stereocenters. The molecule has 1 aromatic rings. The maximum absolute atomic E-state index is 12.8. The zero-order chi connectivity index (χ0) is 20.3. The van der Waals surface area contributed by atoms with Crippen molar-refractivity contribution >= 4 is 34.0 Å². The fourth-order valence-corrected chi connectivity index (χ4v) is 8.41. The first-order valence-corrected chi connectivity index (χ1v) is 16.0. The normalized spacial score (nSPS) is 12.4. The number of rotatable bonds is 13. The number of hydrogen-bond donors (Lipinski definition) is 0. The van der Waals surface area contributed by atoms with E-state index in [1.807, 2.05) is 37.5 Å². The highest BCUT2D eigenvalue weighted by molar-refractivity contribution is 8.13. The summed E-state index contributed by atoms with van der Waals surface area (Å²) in [6, 6.07) is 4.50. The molecule has 0 aliphatic rings. The van der Waals surface area contributed by atoms with Crippen LogP contribution in [0.3, 0.4) is 0 Å². The molecule has 0 saturated heterocycles. The van der Waals surface area contributed by atoms with Crippen LogP contribution in [0.2, 0.25) is 25.7 Å². The van der Waals surface area contributed by atoms with Gasteiger partial charge in [-0.1, -0.05) is 31.4 Å². The minimum Gasteiger partial charge on any atom is -0.468 e. The molecule has 9 heteroatoms. The standard InChI is InChI=1S/C18H35NO5SSi2/c1-7-22-27(23-8-2,24-9-3)15-11-14-25-18(20)19(26(4,5)6)16-17-12-10-13-21-17/h10,12-13H,7-9,11,14-16H2,1-6H3. The monoisotopic (exact) mass is 433 g/mol. The third kappa shape index (κ3) is 8.53. The van der Waals surface area contributed by atoms with E-state index < -0.39 is 17.0 Å². The quantitative estimate of drug-likeness (QED) is 0.314. The van der Waals surface area contributed by atoms with Crippen molar-refractivity contribution in [2.75, 3.05) is 25.6 Å². The van der Waals surface area contributed by atoms with E-state index in [0.29, 0.717) is 26.4 Å². The molecular formula is C18H35NO5SSi2. The van der Waals surface area contributed by atoms with Gasteiger partial charge in [0, 0.05) is 31.6 Å². The molecule has 0 spiro atoms. The van der Waals surface area contributed by atoms with Gasteiger partial charge in [0.25, 0.3) is 5.24 Å². The molecular weight excluding hydrogens is 398 g/mol. The van der Waals surface area contributed by atoms with Crippen molar-refractivity contribution in [3.63, 3.8) is 0 Å². The molecule has 1 heterocycles. The lowest BCUT2D eigenvalue weighted by molar-refractivity contribution is 0.0712. The molecule has 0 aromatic carbocycles. The van der Waals surface area contributed by atoms with Crippen molar-refractivity contribution in [3.8, 4) is 0 Å². The molecule has 0 N–H and O–H groups in total. The lowest BCUT2D eigenvalue weighted by Gasteiger charge is -2.33. The van der Waals surface area contributed by atoms with Gasteiger partial charge in [0.05, 0.1) is 12.8 Å². The lowest BCUT2D eigenvalue weighted by Crippen LogP contribution is -2.47. The number of furan rings is 1. The van der Waals surface area contributed by atoms with E-state index in [0.717, 1.165) is 24.0 Å². The fraction of sp³-hybridized carbons (Fsp3) is 0.722. The van der Waals surface area contributed by atoms with Gasteiger partial charge in [-0.15, -0.1) is 0 Å². The Hall–Kier alpha value is -0.586. The van der Waals surface area contributed by atoms with Gasteiger partial charge in [-0.2, -0.15) is 0 Å². The summed E-state index contributed by atoms with van der Waals surface area (Å²) in [4.78, 5) is 12.8. The molecule has 0 radical (unpaired) electrons. The Morgan fingerprint density at radius 2 is 1.70 bits per heavy atom. The highest BCUT2D eigenvalue weighted by atomic mass is 32.2. The molecule has 0 aliphatic heterocycles. The predicted molar refractivity (Wildman–Crippen MR) is 116 cm³/mol. The summed E-state index contributed by atoms with van der Waals surface area (Å²) >= 11 is 1.36. The first kappa shape index (κ1) is 24.5. The van der Waals surface area contributed by atoms with Crippen molar-refractivity contribution in [3.05, 3.63) is 24.2 Å². The second-order valence-corrected chi connectivity index (χ2v) is 15.7. The van der Waals surface area contributed by atoms with Gasteiger partial charge in [0.2, 0.25) is 0 Å². The highest BCUT2D eigenvalue weighted by Gasteiger charge is 2.39. The Morgan fingerprint density at radius 1 is 1.11 bits per heavy atom. The van der Waals surface area contributed by atoms with E-state index >= 15 is 0 Å². The molecule has 0 bridgehead atoms. The molecule has 27 heavy (non-hydrogen) atoms. The number of amides is 1. The van der Waals surface area contributed by atoms with E-state index in [9.17, 15) is 4.79 Å². The van der Waals surface area contributed by atoms with Gasteiger partial charge in [-0.25, -0.2) is 0 Å². The van der Waals surface area contributed by atoms with E-state index in [1.165, 1.54) is 11.8 Å². The Bertz CT molecular complexity index is 519. The molecule has 1 aromatic heterocycles. The van der Waals surface area contributed by atoms with Crippen molar-refractivity contribution in [2.24, 2.45) is 0 Å². The van der Waals surface area contributed by atoms with Gasteiger partial charge in [-0.3, -0.25) is 4.79 Å². The third-order valence-electron chi connectivity index (χ3n) is 3.87. The van der Waals surface area contributed by atoms with Crippen LogP contribution in [-0.4, -0.2) is 52.4 Å². The van der Waals surface area contributed by atoms with Crippen molar-refractivity contribution in [2.45, 2.75) is 59.4 Å². The van der Waals surface area contributed by atoms with Crippen LogP contribution in [0.1, 0.15) is 33.0 Å². The zero-order valence-electron chi connectivity index (χ0n) is 17.6. The van der Waals surface area contributed by atoms with Crippen LogP contribution < -0.4 is 0 Å². The van der Waals surface area contributed by atoms with Gasteiger partial charge < -0.3 is 22.3 Å². The van der Waals surface area contributed by atoms with Crippen molar-refractivity contribution < 1.29 is 22.5 Å². The smallest absolute Gasteiger partial charge is 0.468 e. The van der Waals surface area contributed by atoms with Crippen LogP contribution in [0.15, 0.2) is 22.8 Å². The van der Waals surface area contributed by atoms with E-state index in [-0.39, 0.29) is 5.24 Å². The average Bonchev–Trinajstić information content (AvgIpc) is 3.09. The molecule has 0 unspecified atom stereocenters. The van der Waals surface area contributed by atoms with Crippen LogP contribution in [-0.2, 0) is 19.8 Å². The zero-order valence-corrected chi connectivity index (χ0v) is 20.4. The third-order valence-corrected chi connectivity index (χ3v) is 10.1. The van der Waals surface area contributed by atoms with E-state index in [4.69, 9.17) is 17.7 Å². The summed E-state index contributed by atoms with van der Waals surface area (Å²) in [5.74, 6) is 1.54. The lowest BCUT2D eigenvalue weighted by atomic mass is 10.4. The van der Waals surface area contributed by atoms with Crippen molar-refractivity contribution in [1.82, 2.24) is 4.57 Å². The minimum absolute atomic E-state index is 0.113. The van der Waals surface area contributed by atoms with Crippen LogP contribution in [0.5, 0.6) is 0 Å². The second kappa shape index (κ2) is 12.1. The number of nitrogens with zero attached hydrogens (tertiary/aromatic N) is 1. The maximum Gasteiger partial charge on any atom is 0.500 e. The SMILES string of the molecule is CCO[Si](CCCSC(=O)N(Cc1ccco1)[Si](C)(C)C)(OCC)OCC. The van der Waals surface area contributed by atoms with E-state index in [1.54, 1.807) is 6.26 Å². The Morgan fingerprint density at radius 3 is 2.15 bits per heavy atom. The molecule has 156 valence electrons. The summed E-state index contributed by atoms with van der Waals surface area (Å²) in [7, 11) is -4.43. The Kier molecular flexibility index (Phi) is 10.9. The summed E-state index contributed by atoms with van der Waals surface area (Å²) < 4.78 is 25.0. The number of carbonyl (C=O) groups is 1. The number of carbonyl (C=O) groups excluding carboxylic acids is 1. The first-order chi connectivity index (χ1) is 12.8. The van der Waals surface area contributed by atoms with Gasteiger partial charge in [-0.05, 0) is 39.3 Å². The molecule has 0 saturated carbocycles. The van der Waals surface area contributed by atoms with Crippen LogP contribution >= 0.6 is 11.8 Å². The highest BCUT2D eigenvalue weighted by Crippen LogP contribution is 2.24. The minimum atomic E-state index is -2.63. The average molecular weight is 434 g/mol. The van der Waals surface area contributed by atoms with Crippen LogP contribution in [0.4, 0.5) is 4.79 Å². The fourth-order valence-electron chi connectivity index (χ4n) is 2.66. The second-order valence-electron chi connectivity index (χ2n) is 7.04. The summed E-state index contributed by atoms with van der Waals surface area (Å²) in [5.41, 5.74) is 0. The van der Waals surface area contributed by atoms with Crippen LogP contribution in [0.25, 0.3) is 0 Å². The van der Waals surface area contributed by atoms with Gasteiger partial charge in [0.1, 0.15) is 5.76 Å². The van der Waals surface area contributed by atoms with Crippen molar-refractivity contribution in [1.29, 1.82) is 0 Å². The van der Waals surface area contributed by atoms with Crippen LogP contribution in [0, 0.1) is 0 Å². The summed E-state index contributed by atoms with van der Waals surface area (Å²) in [6.45, 7) is 14.6. The molecule has 1 rings (SSSR count). The topological polar surface area (TPSA) is 61.1 Å². The van der Waals surface area contributed by atoms with Gasteiger partial charge >= 0.3 is 8.80 Å². The molecule has 6 nitrogen and oxygen atoms in total. The summed E-state index contributed by atoms with van der Waals surface area (Å²) in [5, 5.41) is 0.113. The molecule has 0 aliphatic carbocycles. The van der Waals surface area contributed by atoms with Gasteiger partial charge in [0.15, 0.2) is 8.24 Å². The molecule has 1 amide bonds.